The van der Waals surface area contributed by atoms with Gasteiger partial charge in [-0.25, -0.2) is 13.6 Å². The van der Waals surface area contributed by atoms with Crippen LogP contribution in [0.3, 0.4) is 0 Å². The Kier molecular flexibility index (Phi) is 5.27. The summed E-state index contributed by atoms with van der Waals surface area (Å²) in [4.78, 5) is 25.3. The van der Waals surface area contributed by atoms with E-state index in [1.165, 1.54) is 35.2 Å². The number of aliphatic carboxylic acids is 1. The average molecular weight is 361 g/mol. The minimum absolute atomic E-state index is 0.0908. The Morgan fingerprint density at radius 2 is 1.85 bits per heavy atom. The fourth-order valence-corrected chi connectivity index (χ4v) is 2.96. The van der Waals surface area contributed by atoms with Crippen molar-refractivity contribution in [3.63, 3.8) is 0 Å². The summed E-state index contributed by atoms with van der Waals surface area (Å²) in [6.07, 6.45) is -0.337. The molecule has 5 nitrogen and oxygen atoms in total. The zero-order chi connectivity index (χ0) is 18.7. The highest BCUT2D eigenvalue weighted by molar-refractivity contribution is 5.97. The van der Waals surface area contributed by atoms with Crippen molar-refractivity contribution in [1.29, 1.82) is 0 Å². The monoisotopic (exact) mass is 361 g/mol. The minimum atomic E-state index is -1.14. The van der Waals surface area contributed by atoms with Crippen LogP contribution in [-0.2, 0) is 16.1 Å². The van der Waals surface area contributed by atoms with E-state index < -0.39 is 29.8 Å². The third-order valence-corrected chi connectivity index (χ3v) is 4.28. The van der Waals surface area contributed by atoms with E-state index in [1.54, 1.807) is 12.1 Å². The number of halogens is 2. The third kappa shape index (κ3) is 4.05. The lowest BCUT2D eigenvalue weighted by Gasteiger charge is -2.21. The highest BCUT2D eigenvalue weighted by Crippen LogP contribution is 2.24. The van der Waals surface area contributed by atoms with Crippen molar-refractivity contribution in [2.24, 2.45) is 0 Å². The Morgan fingerprint density at radius 1 is 1.12 bits per heavy atom. The van der Waals surface area contributed by atoms with E-state index in [1.807, 2.05) is 0 Å². The molecule has 2 aromatic carbocycles. The van der Waals surface area contributed by atoms with E-state index in [0.717, 1.165) is 11.6 Å². The molecule has 1 amide bonds. The van der Waals surface area contributed by atoms with Gasteiger partial charge in [-0.3, -0.25) is 4.79 Å². The summed E-state index contributed by atoms with van der Waals surface area (Å²) in [6.45, 7) is 0.271. The molecule has 2 atom stereocenters. The van der Waals surface area contributed by atoms with Gasteiger partial charge in [0.15, 0.2) is 0 Å². The minimum Gasteiger partial charge on any atom is -0.480 e. The summed E-state index contributed by atoms with van der Waals surface area (Å²) in [5, 5.41) is 9.40. The molecule has 0 aromatic heterocycles. The quantitative estimate of drug-likeness (QED) is 0.889. The second-order valence-electron chi connectivity index (χ2n) is 6.12. The van der Waals surface area contributed by atoms with Crippen molar-refractivity contribution in [3.05, 3.63) is 71.3 Å². The van der Waals surface area contributed by atoms with Crippen LogP contribution in [0.15, 0.2) is 48.5 Å². The summed E-state index contributed by atoms with van der Waals surface area (Å²) in [5.74, 6) is -2.61. The molecular formula is C19H17F2NO4. The van der Waals surface area contributed by atoms with E-state index in [0.29, 0.717) is 0 Å². The maximum absolute atomic E-state index is 13.3. The van der Waals surface area contributed by atoms with Crippen molar-refractivity contribution in [2.45, 2.75) is 25.2 Å². The number of ether oxygens (including phenoxy) is 1. The smallest absolute Gasteiger partial charge is 0.326 e. The second kappa shape index (κ2) is 7.61. The van der Waals surface area contributed by atoms with Crippen LogP contribution in [0.1, 0.15) is 22.3 Å². The van der Waals surface area contributed by atoms with E-state index in [9.17, 15) is 23.5 Å². The molecule has 0 aliphatic carbocycles. The molecule has 7 heteroatoms. The van der Waals surface area contributed by atoms with Gasteiger partial charge in [0.1, 0.15) is 17.7 Å². The molecule has 0 spiro atoms. The number of carboxylic acid groups (broad SMARTS) is 1. The van der Waals surface area contributed by atoms with Crippen LogP contribution in [-0.4, -0.2) is 40.6 Å². The first kappa shape index (κ1) is 18.0. The molecule has 136 valence electrons. The summed E-state index contributed by atoms with van der Waals surface area (Å²) >= 11 is 0. The van der Waals surface area contributed by atoms with Crippen molar-refractivity contribution in [2.75, 3.05) is 6.54 Å². The van der Waals surface area contributed by atoms with Crippen LogP contribution in [0.2, 0.25) is 0 Å². The maximum atomic E-state index is 13.3. The first-order valence-corrected chi connectivity index (χ1v) is 8.09. The van der Waals surface area contributed by atoms with Crippen molar-refractivity contribution < 1.29 is 28.2 Å². The summed E-state index contributed by atoms with van der Waals surface area (Å²) < 4.78 is 32.0. The highest BCUT2D eigenvalue weighted by atomic mass is 19.1. The lowest BCUT2D eigenvalue weighted by molar-refractivity contribution is -0.141. The number of carboxylic acids is 1. The van der Waals surface area contributed by atoms with Gasteiger partial charge in [-0.2, -0.15) is 0 Å². The SMILES string of the molecule is O=C(O)C1CC(OCc2ccc(F)cc2)CN1C(=O)c1cccc(F)c1. The molecule has 1 saturated heterocycles. The molecule has 0 bridgehead atoms. The number of rotatable bonds is 5. The number of hydrogen-bond acceptors (Lipinski definition) is 3. The van der Waals surface area contributed by atoms with Crippen LogP contribution < -0.4 is 0 Å². The van der Waals surface area contributed by atoms with Gasteiger partial charge in [-0.1, -0.05) is 18.2 Å². The Morgan fingerprint density at radius 3 is 2.50 bits per heavy atom. The van der Waals surface area contributed by atoms with Crippen LogP contribution in [0.5, 0.6) is 0 Å². The van der Waals surface area contributed by atoms with Crippen molar-refractivity contribution in [1.82, 2.24) is 4.90 Å². The topological polar surface area (TPSA) is 66.8 Å². The Balaban J connectivity index is 1.69. The van der Waals surface area contributed by atoms with Crippen LogP contribution in [0.25, 0.3) is 0 Å². The first-order chi connectivity index (χ1) is 12.4. The van der Waals surface area contributed by atoms with Crippen molar-refractivity contribution in [3.8, 4) is 0 Å². The molecule has 26 heavy (non-hydrogen) atoms. The van der Waals surface area contributed by atoms with Crippen LogP contribution >= 0.6 is 0 Å². The van der Waals surface area contributed by atoms with Crippen LogP contribution in [0.4, 0.5) is 8.78 Å². The van der Waals surface area contributed by atoms with Gasteiger partial charge in [0.2, 0.25) is 0 Å². The molecule has 0 saturated carbocycles. The predicted octanol–water partition coefficient (Wildman–Crippen LogP) is 2.85. The molecule has 1 heterocycles. The lowest BCUT2D eigenvalue weighted by Crippen LogP contribution is -2.40. The third-order valence-electron chi connectivity index (χ3n) is 4.28. The largest absolute Gasteiger partial charge is 0.480 e. The fourth-order valence-electron chi connectivity index (χ4n) is 2.96. The number of nitrogens with zero attached hydrogens (tertiary/aromatic N) is 1. The second-order valence-corrected chi connectivity index (χ2v) is 6.12. The number of carbonyl (C=O) groups excluding carboxylic acids is 1. The van der Waals surface area contributed by atoms with Gasteiger partial charge in [-0.15, -0.1) is 0 Å². The number of hydrogen-bond donors (Lipinski definition) is 1. The fraction of sp³-hybridized carbons (Fsp3) is 0.263. The summed E-state index contributed by atoms with van der Waals surface area (Å²) in [7, 11) is 0. The van der Waals surface area contributed by atoms with Crippen LogP contribution in [0, 0.1) is 11.6 Å². The molecule has 2 unspecified atom stereocenters. The molecule has 1 aliphatic heterocycles. The summed E-state index contributed by atoms with van der Waals surface area (Å²) in [5.41, 5.74) is 0.837. The number of carbonyl (C=O) groups is 2. The van der Waals surface area contributed by atoms with E-state index in [-0.39, 0.29) is 31.0 Å². The molecular weight excluding hydrogens is 344 g/mol. The Bertz CT molecular complexity index is 809. The van der Waals surface area contributed by atoms with Gasteiger partial charge in [-0.05, 0) is 35.9 Å². The van der Waals surface area contributed by atoms with Gasteiger partial charge in [0.05, 0.1) is 12.7 Å². The molecule has 3 rings (SSSR count). The van der Waals surface area contributed by atoms with Crippen molar-refractivity contribution >= 4 is 11.9 Å². The Labute approximate surface area is 148 Å². The van der Waals surface area contributed by atoms with E-state index in [2.05, 4.69) is 0 Å². The summed E-state index contributed by atoms with van der Waals surface area (Å²) in [6, 6.07) is 9.87. The Hall–Kier alpha value is -2.80. The average Bonchev–Trinajstić information content (AvgIpc) is 3.05. The zero-order valence-electron chi connectivity index (χ0n) is 13.8. The van der Waals surface area contributed by atoms with Gasteiger partial charge in [0.25, 0.3) is 5.91 Å². The lowest BCUT2D eigenvalue weighted by atomic mass is 10.1. The first-order valence-electron chi connectivity index (χ1n) is 8.09. The standard InChI is InChI=1S/C19H17F2NO4/c20-14-6-4-12(5-7-14)11-26-16-9-17(19(24)25)22(10-16)18(23)13-2-1-3-15(21)8-13/h1-8,16-17H,9-11H2,(H,24,25). The number of likely N-dealkylation sites (tertiary alicyclic amines) is 1. The maximum Gasteiger partial charge on any atom is 0.326 e. The number of benzene rings is 2. The predicted molar refractivity (Wildman–Crippen MR) is 88.5 cm³/mol. The number of amides is 1. The molecule has 2 aromatic rings. The zero-order valence-corrected chi connectivity index (χ0v) is 13.8. The van der Waals surface area contributed by atoms with Gasteiger partial charge in [0, 0.05) is 18.5 Å². The van der Waals surface area contributed by atoms with Gasteiger partial charge < -0.3 is 14.7 Å². The highest BCUT2D eigenvalue weighted by Gasteiger charge is 2.40. The van der Waals surface area contributed by atoms with E-state index in [4.69, 9.17) is 4.74 Å². The van der Waals surface area contributed by atoms with E-state index >= 15 is 0 Å². The molecule has 1 aliphatic rings. The molecule has 1 fully saturated rings. The molecule has 0 radical (unpaired) electrons. The normalized spacial score (nSPS) is 19.5. The van der Waals surface area contributed by atoms with Gasteiger partial charge >= 0.3 is 5.97 Å². The molecule has 1 N–H and O–H groups in total.